The monoisotopic (exact) mass is 607 g/mol. The Balaban J connectivity index is 1.45. The van der Waals surface area contributed by atoms with Gasteiger partial charge in [0, 0.05) is 31.6 Å². The quantitative estimate of drug-likeness (QED) is 0.318. The zero-order valence-electron chi connectivity index (χ0n) is 23.9. The fourth-order valence-electron chi connectivity index (χ4n) is 5.55. The number of alkyl halides is 1. The molecule has 2 aromatic carbocycles. The van der Waals surface area contributed by atoms with Crippen molar-refractivity contribution in [2.45, 2.75) is 69.5 Å². The maximum Gasteiger partial charge on any atom is 0.410 e. The summed E-state index contributed by atoms with van der Waals surface area (Å²) in [5.74, 6) is -3.42. The number of carbonyl (C=O) groups is 1. The predicted molar refractivity (Wildman–Crippen MR) is 150 cm³/mol. The number of hydrogen-bond donors (Lipinski definition) is 0. The van der Waals surface area contributed by atoms with Gasteiger partial charge in [-0.1, -0.05) is 12.1 Å². The zero-order chi connectivity index (χ0) is 30.6. The average Bonchev–Trinajstić information content (AvgIpc) is 3.37. The van der Waals surface area contributed by atoms with Crippen molar-refractivity contribution in [3.63, 3.8) is 0 Å². The number of nitrogens with zero attached hydrogens (tertiary/aromatic N) is 3. The van der Waals surface area contributed by atoms with Crippen molar-refractivity contribution >= 4 is 27.0 Å². The minimum atomic E-state index is -4.34. The molecule has 3 aromatic rings. The largest absolute Gasteiger partial charge is 0.444 e. The highest BCUT2D eigenvalue weighted by Gasteiger charge is 2.34. The van der Waals surface area contributed by atoms with Crippen molar-refractivity contribution in [3.8, 4) is 11.3 Å². The lowest BCUT2D eigenvalue weighted by atomic mass is 9.88. The van der Waals surface area contributed by atoms with Crippen LogP contribution < -0.4 is 0 Å². The smallest absolute Gasteiger partial charge is 0.410 e. The Bertz CT molecular complexity index is 1630. The van der Waals surface area contributed by atoms with E-state index in [0.29, 0.717) is 49.0 Å². The second-order valence-electron chi connectivity index (χ2n) is 11.9. The summed E-state index contributed by atoms with van der Waals surface area (Å²) in [7, 11) is -4.34. The summed E-state index contributed by atoms with van der Waals surface area (Å²) >= 11 is 0. The Kier molecular flexibility index (Phi) is 7.99. The van der Waals surface area contributed by atoms with Gasteiger partial charge < -0.3 is 9.64 Å². The van der Waals surface area contributed by atoms with Crippen molar-refractivity contribution in [3.05, 3.63) is 58.9 Å². The fourth-order valence-corrected chi connectivity index (χ4v) is 7.05. The molecule has 0 N–H and O–H groups in total. The van der Waals surface area contributed by atoms with Crippen molar-refractivity contribution in [2.24, 2.45) is 0 Å². The molecule has 1 atom stereocenters. The van der Waals surface area contributed by atoms with E-state index in [2.05, 4.69) is 4.98 Å². The third-order valence-corrected chi connectivity index (χ3v) is 9.64. The van der Waals surface area contributed by atoms with Crippen molar-refractivity contribution in [2.75, 3.05) is 26.2 Å². The molecular formula is C30H33F4N3O4S. The van der Waals surface area contributed by atoms with Gasteiger partial charge in [-0.05, 0) is 82.2 Å². The Labute approximate surface area is 242 Å². The minimum absolute atomic E-state index is 0.00137. The Morgan fingerprint density at radius 3 is 2.21 bits per heavy atom. The summed E-state index contributed by atoms with van der Waals surface area (Å²) in [4.78, 5) is 17.7. The van der Waals surface area contributed by atoms with Crippen LogP contribution in [0, 0.1) is 24.4 Å². The van der Waals surface area contributed by atoms with Gasteiger partial charge in [0.15, 0.2) is 5.82 Å². The third-order valence-electron chi connectivity index (χ3n) is 7.80. The predicted octanol–water partition coefficient (Wildman–Crippen LogP) is 6.47. The molecule has 2 fully saturated rings. The molecule has 1 aromatic heterocycles. The molecule has 0 unspecified atom stereocenters. The van der Waals surface area contributed by atoms with E-state index in [1.807, 2.05) is 26.8 Å². The van der Waals surface area contributed by atoms with E-state index in [1.54, 1.807) is 17.0 Å². The number of benzene rings is 2. The number of likely N-dealkylation sites (tertiary alicyclic amines) is 1. The van der Waals surface area contributed by atoms with Gasteiger partial charge >= 0.3 is 6.09 Å². The summed E-state index contributed by atoms with van der Waals surface area (Å²) in [6.07, 6.45) is -0.394. The van der Waals surface area contributed by atoms with E-state index in [-0.39, 0.29) is 30.5 Å². The first-order valence-corrected chi connectivity index (χ1v) is 15.3. The molecule has 2 saturated heterocycles. The number of amides is 1. The fraction of sp³-hybridized carbons (Fsp3) is 0.467. The number of hydrogen-bond acceptors (Lipinski definition) is 5. The average molecular weight is 608 g/mol. The maximum atomic E-state index is 15.5. The highest BCUT2D eigenvalue weighted by atomic mass is 32.2. The van der Waals surface area contributed by atoms with Crippen LogP contribution in [0.2, 0.25) is 0 Å². The van der Waals surface area contributed by atoms with Crippen LogP contribution in [-0.2, 0) is 14.8 Å². The van der Waals surface area contributed by atoms with Gasteiger partial charge in [0.25, 0.3) is 0 Å². The molecule has 42 heavy (non-hydrogen) atoms. The molecule has 2 aliphatic rings. The second-order valence-corrected chi connectivity index (χ2v) is 13.9. The molecule has 2 aliphatic heterocycles. The van der Waals surface area contributed by atoms with Gasteiger partial charge in [0.2, 0.25) is 10.0 Å². The van der Waals surface area contributed by atoms with Crippen LogP contribution in [0.3, 0.4) is 0 Å². The van der Waals surface area contributed by atoms with Crippen LogP contribution in [0.25, 0.3) is 22.2 Å². The molecule has 0 spiro atoms. The Hall–Kier alpha value is -3.25. The highest BCUT2D eigenvalue weighted by molar-refractivity contribution is 7.89. The SMILES string of the molecule is Cc1c(F)c(-c2c(F)cc(S(=O)(=O)N3CC[C@H](F)C3)cc2F)nc2cc(C3CCN(C(=O)OC(C)(C)C)CC3)ccc12. The first-order chi connectivity index (χ1) is 19.7. The standard InChI is InChI=1S/C30H33F4N3O4S/c1-17-22-6-5-19(18-7-10-36(11-8-18)29(38)41-30(2,3)4)13-25(22)35-28(27(17)34)26-23(32)14-21(15-24(26)33)42(39,40)37-12-9-20(31)16-37/h5-6,13-15,18,20H,7-12,16H2,1-4H3/t20-/m0/s1. The topological polar surface area (TPSA) is 79.8 Å². The summed E-state index contributed by atoms with van der Waals surface area (Å²) < 4.78 is 91.7. The number of aryl methyl sites for hydroxylation is 1. The van der Waals surface area contributed by atoms with Crippen LogP contribution in [-0.4, -0.2) is 66.7 Å². The van der Waals surface area contributed by atoms with Crippen molar-refractivity contribution < 1.29 is 35.5 Å². The van der Waals surface area contributed by atoms with Crippen LogP contribution in [0.4, 0.5) is 22.4 Å². The second kappa shape index (κ2) is 11.1. The third kappa shape index (κ3) is 5.83. The molecule has 5 rings (SSSR count). The van der Waals surface area contributed by atoms with E-state index in [1.165, 1.54) is 6.92 Å². The van der Waals surface area contributed by atoms with Crippen molar-refractivity contribution in [1.29, 1.82) is 0 Å². The number of fused-ring (bicyclic) bond motifs is 1. The summed E-state index contributed by atoms with van der Waals surface area (Å²) in [6, 6.07) is 6.58. The normalized spacial score (nSPS) is 19.0. The van der Waals surface area contributed by atoms with Gasteiger partial charge in [-0.25, -0.2) is 35.8 Å². The molecule has 0 saturated carbocycles. The minimum Gasteiger partial charge on any atom is -0.444 e. The highest BCUT2D eigenvalue weighted by Crippen LogP contribution is 2.36. The zero-order valence-corrected chi connectivity index (χ0v) is 24.7. The molecule has 3 heterocycles. The van der Waals surface area contributed by atoms with Gasteiger partial charge in [0.1, 0.15) is 29.1 Å². The molecule has 0 bridgehead atoms. The first-order valence-electron chi connectivity index (χ1n) is 13.9. The number of carbonyl (C=O) groups excluding carboxylic acids is 1. The Morgan fingerprint density at radius 2 is 1.64 bits per heavy atom. The van der Waals surface area contributed by atoms with Crippen LogP contribution in [0.1, 0.15) is 57.1 Å². The van der Waals surface area contributed by atoms with E-state index in [9.17, 15) is 17.6 Å². The molecule has 12 heteroatoms. The Morgan fingerprint density at radius 1 is 1.00 bits per heavy atom. The first kappa shape index (κ1) is 30.2. The van der Waals surface area contributed by atoms with Crippen LogP contribution in [0.5, 0.6) is 0 Å². The van der Waals surface area contributed by atoms with Gasteiger partial charge in [-0.3, -0.25) is 0 Å². The molecule has 0 radical (unpaired) electrons. The number of rotatable bonds is 4. The molecule has 0 aliphatic carbocycles. The molecular weight excluding hydrogens is 574 g/mol. The summed E-state index contributed by atoms with van der Waals surface area (Å²) in [6.45, 7) is 7.40. The molecule has 1 amide bonds. The lowest BCUT2D eigenvalue weighted by Crippen LogP contribution is -2.41. The van der Waals surface area contributed by atoms with Crippen molar-refractivity contribution in [1.82, 2.24) is 14.2 Å². The number of halogens is 4. The van der Waals surface area contributed by atoms with E-state index in [4.69, 9.17) is 4.74 Å². The van der Waals surface area contributed by atoms with E-state index >= 15 is 13.2 Å². The molecule has 7 nitrogen and oxygen atoms in total. The lowest BCUT2D eigenvalue weighted by molar-refractivity contribution is 0.0205. The van der Waals surface area contributed by atoms with E-state index < -0.39 is 61.9 Å². The van der Waals surface area contributed by atoms with Crippen LogP contribution >= 0.6 is 0 Å². The van der Waals surface area contributed by atoms with Gasteiger partial charge in [-0.15, -0.1) is 0 Å². The van der Waals surface area contributed by atoms with Gasteiger partial charge in [0.05, 0.1) is 16.0 Å². The summed E-state index contributed by atoms with van der Waals surface area (Å²) in [5, 5.41) is 0.473. The molecule has 226 valence electrons. The summed E-state index contributed by atoms with van der Waals surface area (Å²) in [5.41, 5.74) is -0.572. The lowest BCUT2D eigenvalue weighted by Gasteiger charge is -2.33. The van der Waals surface area contributed by atoms with Gasteiger partial charge in [-0.2, -0.15) is 4.31 Å². The number of ether oxygens (including phenoxy) is 1. The number of pyridine rings is 1. The van der Waals surface area contributed by atoms with E-state index in [0.717, 1.165) is 9.87 Å². The number of aromatic nitrogens is 1. The number of sulfonamides is 1. The number of piperidine rings is 1. The maximum absolute atomic E-state index is 15.5. The van der Waals surface area contributed by atoms with Crippen LogP contribution in [0.15, 0.2) is 35.2 Å².